The van der Waals surface area contributed by atoms with Gasteiger partial charge in [-0.1, -0.05) is 6.08 Å². The van der Waals surface area contributed by atoms with Gasteiger partial charge in [0, 0.05) is 18.3 Å². The number of nitrogens with one attached hydrogen (secondary N) is 1. The minimum atomic E-state index is -0.802. The van der Waals surface area contributed by atoms with Crippen LogP contribution in [0.15, 0.2) is 18.0 Å². The molecule has 1 aliphatic rings. The molecule has 0 aromatic carbocycles. The summed E-state index contributed by atoms with van der Waals surface area (Å²) in [6.07, 6.45) is 1.29. The van der Waals surface area contributed by atoms with Crippen LogP contribution in [0, 0.1) is 0 Å². The number of rotatable bonds is 5. The van der Waals surface area contributed by atoms with Crippen LogP contribution in [0.25, 0.3) is 0 Å². The summed E-state index contributed by atoms with van der Waals surface area (Å²) in [5.74, 6) is -1.11. The fourth-order valence-electron chi connectivity index (χ4n) is 1.38. The standard InChI is InChI=1S/C11H12N2O4S/c1-2-4-12-11-13-7(6-18-11)9(14)17-8-3-5-16-10(8)15/h2,6,8H,1,3-5H2,(H,12,13). The summed E-state index contributed by atoms with van der Waals surface area (Å²) in [6, 6.07) is 0. The number of nitrogens with zero attached hydrogens (tertiary/aromatic N) is 1. The van der Waals surface area contributed by atoms with Gasteiger partial charge in [0.05, 0.1) is 6.61 Å². The lowest BCUT2D eigenvalue weighted by atomic mass is 10.3. The minimum Gasteiger partial charge on any atom is -0.463 e. The Balaban J connectivity index is 1.94. The van der Waals surface area contributed by atoms with E-state index in [1.54, 1.807) is 11.5 Å². The van der Waals surface area contributed by atoms with E-state index >= 15 is 0 Å². The topological polar surface area (TPSA) is 77.5 Å². The van der Waals surface area contributed by atoms with Crippen molar-refractivity contribution in [1.29, 1.82) is 0 Å². The SMILES string of the molecule is C=CCNc1nc(C(=O)OC2CCOC2=O)cs1. The summed E-state index contributed by atoms with van der Waals surface area (Å²) in [5.41, 5.74) is 0.186. The van der Waals surface area contributed by atoms with Crippen molar-refractivity contribution >= 4 is 28.4 Å². The predicted molar refractivity (Wildman–Crippen MR) is 65.6 cm³/mol. The van der Waals surface area contributed by atoms with Crippen LogP contribution in [-0.2, 0) is 14.3 Å². The van der Waals surface area contributed by atoms with Crippen molar-refractivity contribution in [3.63, 3.8) is 0 Å². The maximum absolute atomic E-state index is 11.7. The maximum atomic E-state index is 11.7. The molecular weight excluding hydrogens is 256 g/mol. The highest BCUT2D eigenvalue weighted by molar-refractivity contribution is 7.13. The number of thiazole rings is 1. The predicted octanol–water partition coefficient (Wildman–Crippen LogP) is 1.21. The summed E-state index contributed by atoms with van der Waals surface area (Å²) in [6.45, 7) is 4.42. The van der Waals surface area contributed by atoms with Crippen molar-refractivity contribution in [2.45, 2.75) is 12.5 Å². The fraction of sp³-hybridized carbons (Fsp3) is 0.364. The van der Waals surface area contributed by atoms with Gasteiger partial charge in [0.15, 0.2) is 10.8 Å². The van der Waals surface area contributed by atoms with Crippen LogP contribution in [0.4, 0.5) is 5.13 Å². The average Bonchev–Trinajstić information content (AvgIpc) is 2.97. The van der Waals surface area contributed by atoms with Gasteiger partial charge in [-0.3, -0.25) is 0 Å². The van der Waals surface area contributed by atoms with Crippen molar-refractivity contribution in [1.82, 2.24) is 4.98 Å². The monoisotopic (exact) mass is 268 g/mol. The molecule has 6 nitrogen and oxygen atoms in total. The lowest BCUT2D eigenvalue weighted by Gasteiger charge is -2.05. The molecule has 0 saturated carbocycles. The van der Waals surface area contributed by atoms with E-state index < -0.39 is 18.0 Å². The van der Waals surface area contributed by atoms with Crippen LogP contribution in [0.1, 0.15) is 16.9 Å². The van der Waals surface area contributed by atoms with Crippen molar-refractivity contribution in [2.24, 2.45) is 0 Å². The van der Waals surface area contributed by atoms with Crippen molar-refractivity contribution in [3.8, 4) is 0 Å². The summed E-state index contributed by atoms with van der Waals surface area (Å²) in [7, 11) is 0. The first-order valence-corrected chi connectivity index (χ1v) is 6.26. The average molecular weight is 268 g/mol. The van der Waals surface area contributed by atoms with Gasteiger partial charge < -0.3 is 14.8 Å². The molecule has 96 valence electrons. The molecule has 1 saturated heterocycles. The molecule has 2 heterocycles. The molecule has 0 radical (unpaired) electrons. The van der Waals surface area contributed by atoms with Gasteiger partial charge in [-0.2, -0.15) is 0 Å². The Labute approximate surface area is 108 Å². The van der Waals surface area contributed by atoms with Gasteiger partial charge in [0.25, 0.3) is 0 Å². The Morgan fingerprint density at radius 1 is 1.78 bits per heavy atom. The molecule has 1 N–H and O–H groups in total. The molecule has 1 atom stereocenters. The number of aromatic nitrogens is 1. The minimum absolute atomic E-state index is 0.186. The van der Waals surface area contributed by atoms with E-state index in [4.69, 9.17) is 9.47 Å². The fourth-order valence-corrected chi connectivity index (χ4v) is 2.07. The summed E-state index contributed by atoms with van der Waals surface area (Å²) >= 11 is 1.29. The van der Waals surface area contributed by atoms with Gasteiger partial charge in [0.2, 0.25) is 6.10 Å². The van der Waals surface area contributed by atoms with Crippen LogP contribution >= 0.6 is 11.3 Å². The number of carbonyl (C=O) groups excluding carboxylic acids is 2. The lowest BCUT2D eigenvalue weighted by Crippen LogP contribution is -2.22. The molecule has 7 heteroatoms. The molecule has 1 aliphatic heterocycles. The van der Waals surface area contributed by atoms with E-state index in [0.29, 0.717) is 24.7 Å². The molecule has 1 aromatic rings. The summed E-state index contributed by atoms with van der Waals surface area (Å²) in [4.78, 5) is 26.9. The van der Waals surface area contributed by atoms with Crippen molar-refractivity contribution in [2.75, 3.05) is 18.5 Å². The third-order valence-electron chi connectivity index (χ3n) is 2.25. The Kier molecular flexibility index (Phi) is 3.93. The summed E-state index contributed by atoms with van der Waals surface area (Å²) in [5, 5.41) is 5.15. The second-order valence-corrected chi connectivity index (χ2v) is 4.42. The highest BCUT2D eigenvalue weighted by Gasteiger charge is 2.31. The first kappa shape index (κ1) is 12.6. The lowest BCUT2D eigenvalue weighted by molar-refractivity contribution is -0.145. The molecule has 1 fully saturated rings. The van der Waals surface area contributed by atoms with Gasteiger partial charge in [0.1, 0.15) is 0 Å². The smallest absolute Gasteiger partial charge is 0.358 e. The number of ether oxygens (including phenoxy) is 2. The van der Waals surface area contributed by atoms with E-state index in [9.17, 15) is 9.59 Å². The third kappa shape index (κ3) is 2.86. The van der Waals surface area contributed by atoms with Crippen LogP contribution < -0.4 is 5.32 Å². The second-order valence-electron chi connectivity index (χ2n) is 3.56. The molecule has 1 unspecified atom stereocenters. The molecule has 0 aliphatic carbocycles. The van der Waals surface area contributed by atoms with E-state index in [1.165, 1.54) is 11.3 Å². The molecule has 18 heavy (non-hydrogen) atoms. The van der Waals surface area contributed by atoms with Crippen molar-refractivity contribution < 1.29 is 19.1 Å². The molecule has 2 rings (SSSR count). The normalized spacial score (nSPS) is 18.2. The van der Waals surface area contributed by atoms with Crippen LogP contribution in [0.3, 0.4) is 0 Å². The van der Waals surface area contributed by atoms with E-state index in [-0.39, 0.29) is 5.69 Å². The van der Waals surface area contributed by atoms with Crippen LogP contribution in [0.2, 0.25) is 0 Å². The van der Waals surface area contributed by atoms with Crippen molar-refractivity contribution in [3.05, 3.63) is 23.7 Å². The summed E-state index contributed by atoms with van der Waals surface area (Å²) < 4.78 is 9.71. The Bertz CT molecular complexity index is 471. The number of hydrogen-bond donors (Lipinski definition) is 1. The van der Waals surface area contributed by atoms with Gasteiger partial charge in [-0.05, 0) is 0 Å². The number of esters is 2. The van der Waals surface area contributed by atoms with E-state index in [1.807, 2.05) is 0 Å². The maximum Gasteiger partial charge on any atom is 0.358 e. The Morgan fingerprint density at radius 2 is 2.61 bits per heavy atom. The third-order valence-corrected chi connectivity index (χ3v) is 3.05. The highest BCUT2D eigenvalue weighted by Crippen LogP contribution is 2.18. The van der Waals surface area contributed by atoms with Gasteiger partial charge >= 0.3 is 11.9 Å². The molecular formula is C11H12N2O4S. The van der Waals surface area contributed by atoms with Crippen LogP contribution in [-0.4, -0.2) is 36.2 Å². The molecule has 0 bridgehead atoms. The van der Waals surface area contributed by atoms with E-state index in [0.717, 1.165) is 0 Å². The quantitative estimate of drug-likeness (QED) is 0.639. The number of hydrogen-bond acceptors (Lipinski definition) is 7. The first-order chi connectivity index (χ1) is 8.70. The van der Waals surface area contributed by atoms with E-state index in [2.05, 4.69) is 16.9 Å². The Hall–Kier alpha value is -1.89. The number of carbonyl (C=O) groups is 2. The molecule has 1 aromatic heterocycles. The number of cyclic esters (lactones) is 1. The van der Waals surface area contributed by atoms with Gasteiger partial charge in [-0.15, -0.1) is 17.9 Å². The molecule has 0 amide bonds. The first-order valence-electron chi connectivity index (χ1n) is 5.38. The zero-order valence-corrected chi connectivity index (χ0v) is 10.4. The number of anilines is 1. The zero-order chi connectivity index (χ0) is 13.0. The van der Waals surface area contributed by atoms with Gasteiger partial charge in [-0.25, -0.2) is 14.6 Å². The zero-order valence-electron chi connectivity index (χ0n) is 9.55. The largest absolute Gasteiger partial charge is 0.463 e. The molecule has 0 spiro atoms. The van der Waals surface area contributed by atoms with Crippen LogP contribution in [0.5, 0.6) is 0 Å². The highest BCUT2D eigenvalue weighted by atomic mass is 32.1. The Morgan fingerprint density at radius 3 is 3.28 bits per heavy atom. The second kappa shape index (κ2) is 5.63.